The lowest BCUT2D eigenvalue weighted by molar-refractivity contribution is 0.556. The monoisotopic (exact) mass is 150 g/mol. The van der Waals surface area contributed by atoms with Gasteiger partial charge in [-0.2, -0.15) is 0 Å². The Hall–Kier alpha value is -0.260. The quantitative estimate of drug-likeness (QED) is 0.503. The Morgan fingerprint density at radius 3 is 1.91 bits per heavy atom. The first-order valence-corrected chi connectivity index (χ1v) is 4.82. The Morgan fingerprint density at radius 2 is 1.45 bits per heavy atom. The van der Waals surface area contributed by atoms with Crippen LogP contribution in [0.25, 0.3) is 0 Å². The molecule has 2 unspecified atom stereocenters. The lowest BCUT2D eigenvalue weighted by atomic mass is 9.92. The van der Waals surface area contributed by atoms with Crippen molar-refractivity contribution in [3.8, 4) is 0 Å². The summed E-state index contributed by atoms with van der Waals surface area (Å²) in [6.45, 7) is 6.82. The molecule has 0 aromatic carbocycles. The van der Waals surface area contributed by atoms with E-state index < -0.39 is 0 Å². The molecule has 2 rings (SSSR count). The zero-order valence-electron chi connectivity index (χ0n) is 7.85. The molecule has 2 fully saturated rings. The van der Waals surface area contributed by atoms with E-state index in [1.165, 1.54) is 12.8 Å². The van der Waals surface area contributed by atoms with Gasteiger partial charge < -0.3 is 0 Å². The standard InChI is InChI=1S/C11H18/c1-7(2)8(3)9-4-10-6-11(10)5-9/h9-11H,4-6H2,1-3H3. The fourth-order valence-electron chi connectivity index (χ4n) is 2.48. The van der Waals surface area contributed by atoms with Crippen molar-refractivity contribution in [3.63, 3.8) is 0 Å². The summed E-state index contributed by atoms with van der Waals surface area (Å²) in [5.74, 6) is 3.23. The molecule has 2 atom stereocenters. The molecule has 0 amide bonds. The second-order valence-corrected chi connectivity index (χ2v) is 4.61. The molecule has 2 aliphatic rings. The van der Waals surface area contributed by atoms with Gasteiger partial charge in [-0.3, -0.25) is 0 Å². The third-order valence-electron chi connectivity index (χ3n) is 3.64. The molecule has 11 heavy (non-hydrogen) atoms. The summed E-state index contributed by atoms with van der Waals surface area (Å²) in [5.41, 5.74) is 3.23. The van der Waals surface area contributed by atoms with Crippen LogP contribution in [0.2, 0.25) is 0 Å². The molecule has 0 radical (unpaired) electrons. The molecule has 0 heterocycles. The van der Waals surface area contributed by atoms with E-state index in [0.717, 1.165) is 17.8 Å². The third-order valence-corrected chi connectivity index (χ3v) is 3.64. The van der Waals surface area contributed by atoms with E-state index in [-0.39, 0.29) is 0 Å². The zero-order chi connectivity index (χ0) is 8.01. The lowest BCUT2D eigenvalue weighted by Crippen LogP contribution is -1.99. The lowest BCUT2D eigenvalue weighted by Gasteiger charge is -2.13. The predicted molar refractivity (Wildman–Crippen MR) is 48.4 cm³/mol. The highest BCUT2D eigenvalue weighted by Gasteiger charge is 2.45. The third kappa shape index (κ3) is 1.23. The zero-order valence-corrected chi connectivity index (χ0v) is 7.85. The van der Waals surface area contributed by atoms with E-state index >= 15 is 0 Å². The Morgan fingerprint density at radius 1 is 0.909 bits per heavy atom. The van der Waals surface area contributed by atoms with Gasteiger partial charge in [0.2, 0.25) is 0 Å². The van der Waals surface area contributed by atoms with Gasteiger partial charge in [0.05, 0.1) is 0 Å². The van der Waals surface area contributed by atoms with Crippen molar-refractivity contribution in [3.05, 3.63) is 11.1 Å². The first-order chi connectivity index (χ1) is 5.18. The summed E-state index contributed by atoms with van der Waals surface area (Å²) in [4.78, 5) is 0. The number of allylic oxidation sites excluding steroid dienone is 2. The first kappa shape index (κ1) is 7.39. The smallest absolute Gasteiger partial charge is 0.0198 e. The molecular formula is C11H18. The summed E-state index contributed by atoms with van der Waals surface area (Å²) in [6, 6.07) is 0. The van der Waals surface area contributed by atoms with Gasteiger partial charge >= 0.3 is 0 Å². The average molecular weight is 150 g/mol. The minimum Gasteiger partial charge on any atom is -0.0772 e. The summed E-state index contributed by atoms with van der Waals surface area (Å²) in [6.07, 6.45) is 4.55. The molecule has 0 aromatic rings. The molecule has 2 saturated carbocycles. The van der Waals surface area contributed by atoms with Crippen molar-refractivity contribution < 1.29 is 0 Å². The number of hydrogen-bond acceptors (Lipinski definition) is 0. The maximum Gasteiger partial charge on any atom is -0.0198 e. The molecule has 0 N–H and O–H groups in total. The van der Waals surface area contributed by atoms with Crippen LogP contribution in [0.3, 0.4) is 0 Å². The van der Waals surface area contributed by atoms with Gasteiger partial charge in [-0.05, 0) is 57.8 Å². The Labute approximate surface area is 69.7 Å². The fraction of sp³-hybridized carbons (Fsp3) is 0.818. The van der Waals surface area contributed by atoms with Crippen molar-refractivity contribution >= 4 is 0 Å². The van der Waals surface area contributed by atoms with E-state index in [0.29, 0.717) is 0 Å². The van der Waals surface area contributed by atoms with E-state index in [9.17, 15) is 0 Å². The van der Waals surface area contributed by atoms with E-state index in [1.54, 1.807) is 17.6 Å². The van der Waals surface area contributed by atoms with E-state index in [4.69, 9.17) is 0 Å². The van der Waals surface area contributed by atoms with Gasteiger partial charge in [-0.1, -0.05) is 11.1 Å². The minimum atomic E-state index is 0.962. The van der Waals surface area contributed by atoms with Crippen LogP contribution in [0, 0.1) is 17.8 Å². The molecule has 62 valence electrons. The maximum absolute atomic E-state index is 2.32. The normalized spacial score (nSPS) is 40.1. The van der Waals surface area contributed by atoms with Crippen molar-refractivity contribution in [2.75, 3.05) is 0 Å². The molecule has 0 spiro atoms. The van der Waals surface area contributed by atoms with Crippen LogP contribution in [-0.2, 0) is 0 Å². The summed E-state index contributed by atoms with van der Waals surface area (Å²) >= 11 is 0. The van der Waals surface area contributed by atoms with E-state index in [2.05, 4.69) is 20.8 Å². The number of rotatable bonds is 1. The van der Waals surface area contributed by atoms with Crippen molar-refractivity contribution in [2.24, 2.45) is 17.8 Å². The topological polar surface area (TPSA) is 0 Å². The summed E-state index contributed by atoms with van der Waals surface area (Å²) in [5, 5.41) is 0. The molecule has 0 nitrogen and oxygen atoms in total. The Kier molecular flexibility index (Phi) is 1.59. The predicted octanol–water partition coefficient (Wildman–Crippen LogP) is 3.39. The largest absolute Gasteiger partial charge is 0.0772 e. The van der Waals surface area contributed by atoms with Crippen LogP contribution in [0.5, 0.6) is 0 Å². The van der Waals surface area contributed by atoms with Crippen LogP contribution in [0.15, 0.2) is 11.1 Å². The minimum absolute atomic E-state index is 0.962. The molecule has 0 aromatic heterocycles. The maximum atomic E-state index is 2.32. The van der Waals surface area contributed by atoms with Gasteiger partial charge in [0.15, 0.2) is 0 Å². The number of hydrogen-bond donors (Lipinski definition) is 0. The van der Waals surface area contributed by atoms with Gasteiger partial charge in [-0.25, -0.2) is 0 Å². The molecular weight excluding hydrogens is 132 g/mol. The number of fused-ring (bicyclic) bond motifs is 1. The molecule has 2 aliphatic carbocycles. The van der Waals surface area contributed by atoms with Crippen LogP contribution < -0.4 is 0 Å². The highest BCUT2D eigenvalue weighted by molar-refractivity contribution is 5.15. The summed E-state index contributed by atoms with van der Waals surface area (Å²) < 4.78 is 0. The van der Waals surface area contributed by atoms with Gasteiger partial charge in [0.25, 0.3) is 0 Å². The van der Waals surface area contributed by atoms with Gasteiger partial charge in [0.1, 0.15) is 0 Å². The second kappa shape index (κ2) is 2.36. The summed E-state index contributed by atoms with van der Waals surface area (Å²) in [7, 11) is 0. The molecule has 0 heteroatoms. The Bertz CT molecular complexity index is 186. The Balaban J connectivity index is 2.02. The van der Waals surface area contributed by atoms with Crippen molar-refractivity contribution in [1.82, 2.24) is 0 Å². The highest BCUT2D eigenvalue weighted by Crippen LogP contribution is 2.56. The fourth-order valence-corrected chi connectivity index (χ4v) is 2.48. The molecule has 0 saturated heterocycles. The average Bonchev–Trinajstić information content (AvgIpc) is 2.57. The van der Waals surface area contributed by atoms with Gasteiger partial charge in [-0.15, -0.1) is 0 Å². The second-order valence-electron chi connectivity index (χ2n) is 4.61. The first-order valence-electron chi connectivity index (χ1n) is 4.82. The van der Waals surface area contributed by atoms with Crippen LogP contribution in [0.1, 0.15) is 40.0 Å². The molecule has 0 bridgehead atoms. The van der Waals surface area contributed by atoms with Gasteiger partial charge in [0, 0.05) is 0 Å². The highest BCUT2D eigenvalue weighted by atomic mass is 14.5. The van der Waals surface area contributed by atoms with Crippen molar-refractivity contribution in [2.45, 2.75) is 40.0 Å². The SMILES string of the molecule is CC(C)=C(C)C1CC2CC2C1. The molecule has 0 aliphatic heterocycles. The van der Waals surface area contributed by atoms with E-state index in [1.807, 2.05) is 0 Å². The van der Waals surface area contributed by atoms with Crippen LogP contribution >= 0.6 is 0 Å². The van der Waals surface area contributed by atoms with Crippen molar-refractivity contribution in [1.29, 1.82) is 0 Å². The van der Waals surface area contributed by atoms with Crippen LogP contribution in [-0.4, -0.2) is 0 Å². The van der Waals surface area contributed by atoms with Crippen LogP contribution in [0.4, 0.5) is 0 Å².